The molecule has 0 amide bonds. The summed E-state index contributed by atoms with van der Waals surface area (Å²) >= 11 is 1.81. The summed E-state index contributed by atoms with van der Waals surface area (Å²) in [5.74, 6) is 1.18. The number of fused-ring (bicyclic) bond motifs is 1. The monoisotopic (exact) mass is 246 g/mol. The largest absolute Gasteiger partial charge is 0.375 e. The average molecular weight is 246 g/mol. The van der Waals surface area contributed by atoms with E-state index in [9.17, 15) is 4.79 Å². The van der Waals surface area contributed by atoms with Crippen molar-refractivity contribution >= 4 is 28.9 Å². The van der Waals surface area contributed by atoms with E-state index in [0.29, 0.717) is 6.42 Å². The van der Waals surface area contributed by atoms with Gasteiger partial charge >= 0.3 is 0 Å². The van der Waals surface area contributed by atoms with Crippen LogP contribution in [0.25, 0.3) is 0 Å². The lowest BCUT2D eigenvalue weighted by molar-refractivity contribution is -0.115. The fourth-order valence-electron chi connectivity index (χ4n) is 2.13. The summed E-state index contributed by atoms with van der Waals surface area (Å²) in [5, 5.41) is 6.64. The number of benzene rings is 1. The molecule has 0 spiro atoms. The molecule has 0 saturated heterocycles. The van der Waals surface area contributed by atoms with Gasteiger partial charge in [-0.25, -0.2) is 0 Å². The van der Waals surface area contributed by atoms with Crippen molar-refractivity contribution in [2.24, 2.45) is 0 Å². The zero-order valence-electron chi connectivity index (χ0n) is 9.45. The Hall–Kier alpha value is -1.42. The number of carbonyl (C=O) groups is 1. The smallest absolute Gasteiger partial charge is 0.157 e. The summed E-state index contributed by atoms with van der Waals surface area (Å²) in [6, 6.07) is 6.28. The second kappa shape index (κ2) is 4.45. The van der Waals surface area contributed by atoms with Gasteiger partial charge in [0.2, 0.25) is 0 Å². The van der Waals surface area contributed by atoms with E-state index >= 15 is 0 Å². The van der Waals surface area contributed by atoms with Crippen LogP contribution in [0.5, 0.6) is 0 Å². The molecule has 0 atom stereocenters. The normalized spacial score (nSPS) is 18.4. The van der Waals surface area contributed by atoms with Crippen LogP contribution in [0, 0.1) is 0 Å². The molecule has 0 saturated carbocycles. The molecule has 1 aliphatic carbocycles. The Balaban J connectivity index is 1.79. The van der Waals surface area contributed by atoms with Crippen molar-refractivity contribution < 1.29 is 4.79 Å². The predicted molar refractivity (Wildman–Crippen MR) is 71.4 cm³/mol. The Morgan fingerprint density at radius 1 is 1.29 bits per heavy atom. The van der Waals surface area contributed by atoms with E-state index < -0.39 is 0 Å². The van der Waals surface area contributed by atoms with Crippen LogP contribution >= 0.6 is 11.8 Å². The molecule has 0 unspecified atom stereocenters. The first-order valence-corrected chi connectivity index (χ1v) is 6.81. The van der Waals surface area contributed by atoms with Gasteiger partial charge in [-0.15, -0.1) is 11.8 Å². The molecule has 1 heterocycles. The van der Waals surface area contributed by atoms with Crippen LogP contribution in [0.1, 0.15) is 19.3 Å². The predicted octanol–water partition coefficient (Wildman–Crippen LogP) is 3.21. The van der Waals surface area contributed by atoms with E-state index in [0.717, 1.165) is 30.1 Å². The van der Waals surface area contributed by atoms with Crippen LogP contribution in [0.2, 0.25) is 0 Å². The van der Waals surface area contributed by atoms with Crippen molar-refractivity contribution in [3.05, 3.63) is 30.0 Å². The Morgan fingerprint density at radius 2 is 2.24 bits per heavy atom. The summed E-state index contributed by atoms with van der Waals surface area (Å²) in [4.78, 5) is 12.6. The second-order valence-electron chi connectivity index (χ2n) is 4.29. The van der Waals surface area contributed by atoms with Gasteiger partial charge < -0.3 is 10.6 Å². The first-order valence-electron chi connectivity index (χ1n) is 5.82. The van der Waals surface area contributed by atoms with Gasteiger partial charge in [0.15, 0.2) is 5.78 Å². The first kappa shape index (κ1) is 10.7. The number of hydrogen-bond donors (Lipinski definition) is 2. The highest BCUT2D eigenvalue weighted by Crippen LogP contribution is 2.35. The number of rotatable bonds is 2. The Kier molecular flexibility index (Phi) is 2.81. The highest BCUT2D eigenvalue weighted by Gasteiger charge is 2.13. The Labute approximate surface area is 105 Å². The fourth-order valence-corrected chi connectivity index (χ4v) is 3.02. The zero-order valence-corrected chi connectivity index (χ0v) is 10.3. The minimum absolute atomic E-state index is 0.232. The number of thioether (sulfide) groups is 1. The third kappa shape index (κ3) is 2.31. The summed E-state index contributed by atoms with van der Waals surface area (Å²) in [7, 11) is 0. The number of anilines is 2. The minimum Gasteiger partial charge on any atom is -0.375 e. The quantitative estimate of drug-likeness (QED) is 0.840. The average Bonchev–Trinajstić information content (AvgIpc) is 2.76. The van der Waals surface area contributed by atoms with E-state index in [2.05, 4.69) is 28.8 Å². The van der Waals surface area contributed by atoms with Crippen molar-refractivity contribution in [2.45, 2.75) is 24.2 Å². The molecule has 3 rings (SSSR count). The molecule has 2 aliphatic rings. The molecule has 2 N–H and O–H groups in total. The van der Waals surface area contributed by atoms with Crippen molar-refractivity contribution in [1.29, 1.82) is 0 Å². The molecular formula is C13H14N2OS. The summed E-state index contributed by atoms with van der Waals surface area (Å²) < 4.78 is 0. The van der Waals surface area contributed by atoms with Crippen LogP contribution in [-0.2, 0) is 4.79 Å². The third-order valence-corrected chi connectivity index (χ3v) is 3.92. The maximum atomic E-state index is 11.3. The maximum Gasteiger partial charge on any atom is 0.157 e. The van der Waals surface area contributed by atoms with Gasteiger partial charge in [-0.05, 0) is 31.0 Å². The molecule has 0 bridgehead atoms. The van der Waals surface area contributed by atoms with Crippen molar-refractivity contribution in [1.82, 2.24) is 0 Å². The van der Waals surface area contributed by atoms with Crippen LogP contribution in [-0.4, -0.2) is 11.7 Å². The van der Waals surface area contributed by atoms with Crippen LogP contribution < -0.4 is 10.6 Å². The molecule has 1 aliphatic heterocycles. The Morgan fingerprint density at radius 3 is 3.12 bits per heavy atom. The minimum atomic E-state index is 0.232. The van der Waals surface area contributed by atoms with Crippen LogP contribution in [0.4, 0.5) is 11.4 Å². The second-order valence-corrected chi connectivity index (χ2v) is 5.31. The standard InChI is InChI=1S/C13H14N2OS/c16-11-3-1-2-9(6-11)15-10-4-5-12-13(7-10)17-8-14-12/h4-7,14-15H,1-3,8H2. The van der Waals surface area contributed by atoms with Crippen molar-refractivity contribution in [2.75, 3.05) is 16.5 Å². The number of ketones is 1. The molecule has 3 nitrogen and oxygen atoms in total. The maximum absolute atomic E-state index is 11.3. The molecule has 88 valence electrons. The highest BCUT2D eigenvalue weighted by atomic mass is 32.2. The van der Waals surface area contributed by atoms with Gasteiger partial charge in [-0.3, -0.25) is 4.79 Å². The molecule has 0 radical (unpaired) electrons. The van der Waals surface area contributed by atoms with Crippen LogP contribution in [0.3, 0.4) is 0 Å². The van der Waals surface area contributed by atoms with Gasteiger partial charge in [0, 0.05) is 34.5 Å². The third-order valence-electron chi connectivity index (χ3n) is 2.98. The van der Waals surface area contributed by atoms with E-state index in [1.807, 2.05) is 11.8 Å². The van der Waals surface area contributed by atoms with E-state index in [1.165, 1.54) is 10.6 Å². The summed E-state index contributed by atoms with van der Waals surface area (Å²) in [6.45, 7) is 0. The van der Waals surface area contributed by atoms with Gasteiger partial charge in [0.25, 0.3) is 0 Å². The zero-order chi connectivity index (χ0) is 11.7. The summed E-state index contributed by atoms with van der Waals surface area (Å²) in [5.41, 5.74) is 3.31. The number of allylic oxidation sites excluding steroid dienone is 2. The Bertz CT molecular complexity index is 496. The topological polar surface area (TPSA) is 41.1 Å². The van der Waals surface area contributed by atoms with Crippen molar-refractivity contribution in [3.63, 3.8) is 0 Å². The molecular weight excluding hydrogens is 232 g/mol. The number of nitrogens with one attached hydrogen (secondary N) is 2. The molecule has 0 aromatic heterocycles. The highest BCUT2D eigenvalue weighted by molar-refractivity contribution is 7.99. The van der Waals surface area contributed by atoms with Gasteiger partial charge in [0.05, 0.1) is 5.88 Å². The van der Waals surface area contributed by atoms with Gasteiger partial charge in [-0.2, -0.15) is 0 Å². The molecule has 17 heavy (non-hydrogen) atoms. The molecule has 1 aromatic carbocycles. The lowest BCUT2D eigenvalue weighted by Gasteiger charge is -2.14. The summed E-state index contributed by atoms with van der Waals surface area (Å²) in [6.07, 6.45) is 4.35. The lowest BCUT2D eigenvalue weighted by Crippen LogP contribution is -2.09. The fraction of sp³-hybridized carbons (Fsp3) is 0.308. The first-order chi connectivity index (χ1) is 8.31. The van der Waals surface area contributed by atoms with E-state index in [1.54, 1.807) is 6.08 Å². The van der Waals surface area contributed by atoms with Gasteiger partial charge in [-0.1, -0.05) is 0 Å². The number of hydrogen-bond acceptors (Lipinski definition) is 4. The molecule has 4 heteroatoms. The van der Waals surface area contributed by atoms with E-state index in [4.69, 9.17) is 0 Å². The SMILES string of the molecule is O=C1C=C(Nc2ccc3c(c2)SCN3)CCC1. The number of carbonyl (C=O) groups excluding carboxylic acids is 1. The molecule has 1 aromatic rings. The lowest BCUT2D eigenvalue weighted by atomic mass is 10.0. The van der Waals surface area contributed by atoms with Crippen molar-refractivity contribution in [3.8, 4) is 0 Å². The van der Waals surface area contributed by atoms with Gasteiger partial charge in [0.1, 0.15) is 0 Å². The van der Waals surface area contributed by atoms with Crippen LogP contribution in [0.15, 0.2) is 34.9 Å². The molecule has 0 fully saturated rings. The van der Waals surface area contributed by atoms with E-state index in [-0.39, 0.29) is 5.78 Å².